The van der Waals surface area contributed by atoms with Gasteiger partial charge in [-0.05, 0) is 29.7 Å². The molecule has 5 aromatic rings. The van der Waals surface area contributed by atoms with Gasteiger partial charge in [-0.3, -0.25) is 4.55 Å². The van der Waals surface area contributed by atoms with Crippen molar-refractivity contribution in [1.82, 2.24) is 9.97 Å². The zero-order chi connectivity index (χ0) is 24.7. The van der Waals surface area contributed by atoms with Gasteiger partial charge in [0, 0.05) is 5.56 Å². The summed E-state index contributed by atoms with van der Waals surface area (Å²) in [6.45, 7) is 0. The van der Waals surface area contributed by atoms with Gasteiger partial charge < -0.3 is 15.2 Å². The van der Waals surface area contributed by atoms with Crippen LogP contribution in [0.15, 0.2) is 87.9 Å². The molecular weight excluding hydrogens is 472 g/mol. The van der Waals surface area contributed by atoms with E-state index in [0.29, 0.717) is 22.2 Å². The van der Waals surface area contributed by atoms with Crippen molar-refractivity contribution in [2.75, 3.05) is 0 Å². The van der Waals surface area contributed by atoms with Crippen LogP contribution in [0.25, 0.3) is 33.2 Å². The molecule has 1 heterocycles. The minimum atomic E-state index is -4.83. The predicted molar refractivity (Wildman–Crippen MR) is 128 cm³/mol. The van der Waals surface area contributed by atoms with Gasteiger partial charge >= 0.3 is 5.97 Å². The van der Waals surface area contributed by atoms with Gasteiger partial charge in [0.05, 0.1) is 16.5 Å². The molecule has 174 valence electrons. The number of H-pyrrole nitrogens is 1. The smallest absolute Gasteiger partial charge is 0.337 e. The number of aromatic nitrogens is 2. The van der Waals surface area contributed by atoms with Crippen molar-refractivity contribution >= 4 is 49.3 Å². The summed E-state index contributed by atoms with van der Waals surface area (Å²) in [5.41, 5.74) is 0.943. The molecule has 0 unspecified atom stereocenters. The highest BCUT2D eigenvalue weighted by Crippen LogP contribution is 2.44. The molecule has 0 aliphatic rings. The van der Waals surface area contributed by atoms with Crippen molar-refractivity contribution in [2.24, 2.45) is 10.2 Å². The predicted octanol–water partition coefficient (Wildman–Crippen LogP) is 5.45. The third kappa shape index (κ3) is 3.98. The third-order valence-electron chi connectivity index (χ3n) is 5.39. The molecule has 0 atom stereocenters. The largest absolute Gasteiger partial charge is 0.505 e. The van der Waals surface area contributed by atoms with E-state index in [-0.39, 0.29) is 16.6 Å². The number of imidazole rings is 1. The summed E-state index contributed by atoms with van der Waals surface area (Å²) < 4.78 is 34.0. The quantitative estimate of drug-likeness (QED) is 0.189. The molecule has 4 aromatic carbocycles. The number of aromatic hydroxyl groups is 1. The number of carboxylic acid groups (broad SMARTS) is 1. The van der Waals surface area contributed by atoms with Gasteiger partial charge in [-0.25, -0.2) is 9.78 Å². The molecular formula is C24H16N4O6S. The molecule has 0 spiro atoms. The average Bonchev–Trinajstić information content (AvgIpc) is 3.27. The molecule has 0 aliphatic carbocycles. The first-order valence-electron chi connectivity index (χ1n) is 10.2. The van der Waals surface area contributed by atoms with E-state index in [4.69, 9.17) is 0 Å². The number of carboxylic acids is 1. The Morgan fingerprint density at radius 2 is 1.66 bits per heavy atom. The number of carbonyl (C=O) groups is 1. The summed E-state index contributed by atoms with van der Waals surface area (Å²) in [5, 5.41) is 28.7. The summed E-state index contributed by atoms with van der Waals surface area (Å²) >= 11 is 0. The molecule has 5 rings (SSSR count). The van der Waals surface area contributed by atoms with Gasteiger partial charge in [0.1, 0.15) is 27.6 Å². The SMILES string of the molecule is O=C(O)c1ccccc1N=Nc1c(S(=O)(=O)O)cc2ccc3[nH]c(-c4ccccc4)nc3c2c1O. The fourth-order valence-electron chi connectivity index (χ4n) is 3.78. The maximum Gasteiger partial charge on any atom is 0.337 e. The molecule has 0 radical (unpaired) electrons. The number of benzene rings is 4. The number of aromatic carboxylic acids is 1. The van der Waals surface area contributed by atoms with E-state index in [1.165, 1.54) is 24.3 Å². The fourth-order valence-corrected chi connectivity index (χ4v) is 4.43. The van der Waals surface area contributed by atoms with Crippen molar-refractivity contribution in [3.8, 4) is 17.1 Å². The lowest BCUT2D eigenvalue weighted by atomic mass is 10.1. The normalized spacial score (nSPS) is 12.0. The first-order chi connectivity index (χ1) is 16.7. The van der Waals surface area contributed by atoms with Crippen LogP contribution in [0.2, 0.25) is 0 Å². The summed E-state index contributed by atoms with van der Waals surface area (Å²) in [7, 11) is -4.83. The van der Waals surface area contributed by atoms with Crippen molar-refractivity contribution in [1.29, 1.82) is 0 Å². The molecule has 11 heteroatoms. The molecule has 0 saturated heterocycles. The summed E-state index contributed by atoms with van der Waals surface area (Å²) in [5.74, 6) is -1.31. The number of hydrogen-bond donors (Lipinski definition) is 4. The number of nitrogens with zero attached hydrogens (tertiary/aromatic N) is 3. The zero-order valence-corrected chi connectivity index (χ0v) is 18.6. The summed E-state index contributed by atoms with van der Waals surface area (Å²) in [4.78, 5) is 18.5. The first-order valence-corrected chi connectivity index (χ1v) is 11.6. The van der Waals surface area contributed by atoms with Gasteiger partial charge in [-0.2, -0.15) is 8.42 Å². The molecule has 0 bridgehead atoms. The minimum Gasteiger partial charge on any atom is -0.505 e. The summed E-state index contributed by atoms with van der Waals surface area (Å²) in [6, 6.07) is 19.4. The van der Waals surface area contributed by atoms with Crippen LogP contribution in [0, 0.1) is 0 Å². The number of nitrogens with one attached hydrogen (secondary N) is 1. The molecule has 0 saturated carbocycles. The zero-order valence-electron chi connectivity index (χ0n) is 17.7. The lowest BCUT2D eigenvalue weighted by Gasteiger charge is -2.09. The van der Waals surface area contributed by atoms with Gasteiger partial charge in [-0.1, -0.05) is 48.5 Å². The second-order valence-corrected chi connectivity index (χ2v) is 8.97. The van der Waals surface area contributed by atoms with Crippen LogP contribution in [0.5, 0.6) is 5.75 Å². The third-order valence-corrected chi connectivity index (χ3v) is 6.25. The highest BCUT2D eigenvalue weighted by Gasteiger charge is 2.24. The Bertz CT molecular complexity index is 1760. The van der Waals surface area contributed by atoms with Crippen LogP contribution in [0.4, 0.5) is 11.4 Å². The lowest BCUT2D eigenvalue weighted by molar-refractivity contribution is 0.0697. The Labute approximate surface area is 198 Å². The van der Waals surface area contributed by atoms with E-state index in [0.717, 1.165) is 11.6 Å². The van der Waals surface area contributed by atoms with E-state index >= 15 is 0 Å². The van der Waals surface area contributed by atoms with Crippen molar-refractivity contribution in [3.63, 3.8) is 0 Å². The van der Waals surface area contributed by atoms with Gasteiger partial charge in [0.15, 0.2) is 5.75 Å². The molecule has 0 aliphatic heterocycles. The highest BCUT2D eigenvalue weighted by atomic mass is 32.2. The van der Waals surface area contributed by atoms with Crippen LogP contribution < -0.4 is 0 Å². The molecule has 0 fully saturated rings. The van der Waals surface area contributed by atoms with Crippen molar-refractivity contribution < 1.29 is 28.0 Å². The molecule has 35 heavy (non-hydrogen) atoms. The number of hydrogen-bond acceptors (Lipinski definition) is 7. The Morgan fingerprint density at radius 3 is 2.37 bits per heavy atom. The topological polar surface area (TPSA) is 165 Å². The number of aromatic amines is 1. The van der Waals surface area contributed by atoms with E-state index < -0.39 is 32.4 Å². The monoisotopic (exact) mass is 488 g/mol. The molecule has 1 aromatic heterocycles. The van der Waals surface area contributed by atoms with Crippen LogP contribution in [0.3, 0.4) is 0 Å². The van der Waals surface area contributed by atoms with Gasteiger partial charge in [0.2, 0.25) is 0 Å². The van der Waals surface area contributed by atoms with Crippen LogP contribution in [-0.4, -0.2) is 39.1 Å². The first kappa shape index (κ1) is 22.2. The molecule has 0 amide bonds. The van der Waals surface area contributed by atoms with E-state index in [9.17, 15) is 28.0 Å². The number of phenols is 1. The summed E-state index contributed by atoms with van der Waals surface area (Å²) in [6.07, 6.45) is 0. The lowest BCUT2D eigenvalue weighted by Crippen LogP contribution is -1.99. The number of rotatable bonds is 5. The maximum atomic E-state index is 12.1. The average molecular weight is 488 g/mol. The Balaban J connectivity index is 1.77. The molecule has 10 nitrogen and oxygen atoms in total. The van der Waals surface area contributed by atoms with Gasteiger partial charge in [0.25, 0.3) is 10.1 Å². The fraction of sp³-hybridized carbons (Fsp3) is 0. The van der Waals surface area contributed by atoms with E-state index in [2.05, 4.69) is 20.2 Å². The van der Waals surface area contributed by atoms with Crippen LogP contribution in [-0.2, 0) is 10.1 Å². The second-order valence-electron chi connectivity index (χ2n) is 7.58. The second kappa shape index (κ2) is 8.31. The number of phenolic OH excluding ortho intramolecular Hbond substituents is 1. The standard InChI is InChI=1S/C24H16N4O6S/c29-22-19-14(10-11-17-20(19)26-23(25-17)13-6-2-1-3-7-13)12-18(35(32,33)34)21(22)28-27-16-9-5-4-8-15(16)24(30)31/h1-12,29H,(H,25,26)(H,30,31)(H,32,33,34). The van der Waals surface area contributed by atoms with Gasteiger partial charge in [-0.15, -0.1) is 10.2 Å². The van der Waals surface area contributed by atoms with E-state index in [1.54, 1.807) is 12.1 Å². The van der Waals surface area contributed by atoms with Crippen molar-refractivity contribution in [3.05, 3.63) is 78.4 Å². The number of azo groups is 1. The Hall–Kier alpha value is -4.61. The molecule has 4 N–H and O–H groups in total. The van der Waals surface area contributed by atoms with Crippen LogP contribution >= 0.6 is 0 Å². The van der Waals surface area contributed by atoms with Crippen molar-refractivity contribution in [2.45, 2.75) is 4.90 Å². The van der Waals surface area contributed by atoms with E-state index in [1.807, 2.05) is 30.3 Å². The highest BCUT2D eigenvalue weighted by molar-refractivity contribution is 7.86. The Morgan fingerprint density at radius 1 is 0.943 bits per heavy atom. The Kier molecular flexibility index (Phi) is 5.27. The maximum absolute atomic E-state index is 12.1. The van der Waals surface area contributed by atoms with Crippen LogP contribution in [0.1, 0.15) is 10.4 Å². The minimum absolute atomic E-state index is 0.0647. The number of fused-ring (bicyclic) bond motifs is 3.